The number of ether oxygens (including phenoxy) is 1. The summed E-state index contributed by atoms with van der Waals surface area (Å²) in [6.45, 7) is 4.24. The van der Waals surface area contributed by atoms with Gasteiger partial charge in [-0.2, -0.15) is 0 Å². The molecule has 2 heterocycles. The first kappa shape index (κ1) is 13.9. The van der Waals surface area contributed by atoms with Gasteiger partial charge < -0.3 is 19.6 Å². The van der Waals surface area contributed by atoms with E-state index in [0.717, 1.165) is 43.2 Å². The average Bonchev–Trinajstić information content (AvgIpc) is 2.58. The van der Waals surface area contributed by atoms with Gasteiger partial charge in [0.05, 0.1) is 17.8 Å². The number of nitrogens with zero attached hydrogens (tertiary/aromatic N) is 2. The Morgan fingerprint density at radius 1 is 1.13 bits per heavy atom. The van der Waals surface area contributed by atoms with Crippen molar-refractivity contribution in [3.8, 4) is 5.75 Å². The molecule has 0 bridgehead atoms. The lowest BCUT2D eigenvalue weighted by molar-refractivity contribution is 0.0696. The van der Waals surface area contributed by atoms with E-state index in [1.54, 1.807) is 18.2 Å². The molecule has 0 atom stereocenters. The predicted molar refractivity (Wildman–Crippen MR) is 88.6 cm³/mol. The highest BCUT2D eigenvalue weighted by Gasteiger charge is 2.28. The van der Waals surface area contributed by atoms with Crippen LogP contribution >= 0.6 is 0 Å². The van der Waals surface area contributed by atoms with Crippen LogP contribution in [0.5, 0.6) is 5.75 Å². The number of carboxylic acid groups (broad SMARTS) is 1. The van der Waals surface area contributed by atoms with Crippen LogP contribution in [-0.4, -0.2) is 37.3 Å². The molecular formula is C18H18N2O3. The van der Waals surface area contributed by atoms with Gasteiger partial charge in [-0.3, -0.25) is 0 Å². The summed E-state index contributed by atoms with van der Waals surface area (Å²) < 4.78 is 5.77. The number of aromatic carboxylic acids is 1. The van der Waals surface area contributed by atoms with E-state index in [0.29, 0.717) is 12.1 Å². The molecule has 0 aromatic heterocycles. The van der Waals surface area contributed by atoms with E-state index in [1.165, 1.54) is 5.69 Å². The zero-order valence-electron chi connectivity index (χ0n) is 12.7. The molecule has 4 rings (SSSR count). The van der Waals surface area contributed by atoms with Gasteiger partial charge in [-0.05, 0) is 29.8 Å². The molecule has 5 heteroatoms. The monoisotopic (exact) mass is 310 g/mol. The Bertz CT molecular complexity index is 760. The van der Waals surface area contributed by atoms with Crippen LogP contribution in [0.1, 0.15) is 15.9 Å². The standard InChI is InChI=1S/C18H18N2O3/c21-18(22)14-4-1-3-13(11-14)12-20-8-7-19-9-10-23-16-6-2-5-15(20)17(16)19/h1-6,11H,7-10,12H2,(H,21,22). The summed E-state index contributed by atoms with van der Waals surface area (Å²) in [5.74, 6) is 0.0555. The van der Waals surface area contributed by atoms with Gasteiger partial charge in [0.2, 0.25) is 0 Å². The number of benzene rings is 2. The molecule has 2 aliphatic rings. The third kappa shape index (κ3) is 2.48. The second kappa shape index (κ2) is 5.50. The summed E-state index contributed by atoms with van der Waals surface area (Å²) in [5.41, 5.74) is 3.67. The molecule has 2 aromatic carbocycles. The van der Waals surface area contributed by atoms with Crippen molar-refractivity contribution in [3.63, 3.8) is 0 Å². The Morgan fingerprint density at radius 2 is 2.00 bits per heavy atom. The van der Waals surface area contributed by atoms with E-state index in [2.05, 4.69) is 15.9 Å². The van der Waals surface area contributed by atoms with Crippen LogP contribution in [0, 0.1) is 0 Å². The van der Waals surface area contributed by atoms with Crippen molar-refractivity contribution in [2.24, 2.45) is 0 Å². The molecule has 23 heavy (non-hydrogen) atoms. The Kier molecular flexibility index (Phi) is 3.33. The Morgan fingerprint density at radius 3 is 2.87 bits per heavy atom. The molecule has 2 aliphatic heterocycles. The fraction of sp³-hybridized carbons (Fsp3) is 0.278. The average molecular weight is 310 g/mol. The molecule has 5 nitrogen and oxygen atoms in total. The smallest absolute Gasteiger partial charge is 0.335 e. The summed E-state index contributed by atoms with van der Waals surface area (Å²) in [7, 11) is 0. The minimum Gasteiger partial charge on any atom is -0.489 e. The molecule has 0 saturated heterocycles. The maximum Gasteiger partial charge on any atom is 0.335 e. The number of carboxylic acids is 1. The third-order valence-electron chi connectivity index (χ3n) is 4.44. The van der Waals surface area contributed by atoms with Crippen LogP contribution in [0.25, 0.3) is 0 Å². The number of rotatable bonds is 3. The molecule has 0 amide bonds. The molecular weight excluding hydrogens is 292 g/mol. The van der Waals surface area contributed by atoms with Gasteiger partial charge in [-0.1, -0.05) is 18.2 Å². The number of hydrogen-bond donors (Lipinski definition) is 1. The second-order valence-electron chi connectivity index (χ2n) is 5.89. The normalized spacial score (nSPS) is 15.8. The summed E-state index contributed by atoms with van der Waals surface area (Å²) >= 11 is 0. The minimum absolute atomic E-state index is 0.333. The van der Waals surface area contributed by atoms with Crippen molar-refractivity contribution in [1.29, 1.82) is 0 Å². The Hall–Kier alpha value is -2.69. The quantitative estimate of drug-likeness (QED) is 0.944. The number of anilines is 2. The van der Waals surface area contributed by atoms with Crippen molar-refractivity contribution in [3.05, 3.63) is 53.6 Å². The maximum absolute atomic E-state index is 11.1. The van der Waals surface area contributed by atoms with Crippen LogP contribution in [-0.2, 0) is 6.54 Å². The van der Waals surface area contributed by atoms with E-state index in [4.69, 9.17) is 9.84 Å². The van der Waals surface area contributed by atoms with Gasteiger partial charge >= 0.3 is 5.97 Å². The number of hydrogen-bond acceptors (Lipinski definition) is 4. The van der Waals surface area contributed by atoms with E-state index in [9.17, 15) is 4.79 Å². The highest BCUT2D eigenvalue weighted by molar-refractivity contribution is 5.87. The molecule has 0 aliphatic carbocycles. The largest absolute Gasteiger partial charge is 0.489 e. The molecule has 0 saturated carbocycles. The molecule has 0 spiro atoms. The van der Waals surface area contributed by atoms with Crippen molar-refractivity contribution < 1.29 is 14.6 Å². The predicted octanol–water partition coefficient (Wildman–Crippen LogP) is 2.60. The van der Waals surface area contributed by atoms with Crippen LogP contribution in [0.2, 0.25) is 0 Å². The minimum atomic E-state index is -0.887. The van der Waals surface area contributed by atoms with Crippen molar-refractivity contribution in [2.75, 3.05) is 36.0 Å². The Balaban J connectivity index is 1.66. The van der Waals surface area contributed by atoms with Crippen molar-refractivity contribution >= 4 is 17.3 Å². The molecule has 0 unspecified atom stereocenters. The van der Waals surface area contributed by atoms with Crippen LogP contribution in [0.15, 0.2) is 42.5 Å². The SMILES string of the molecule is O=C(O)c1cccc(CN2CCN3CCOc4cccc2c43)c1. The molecule has 0 fully saturated rings. The van der Waals surface area contributed by atoms with Gasteiger partial charge in [-0.25, -0.2) is 4.79 Å². The first-order valence-electron chi connectivity index (χ1n) is 7.80. The van der Waals surface area contributed by atoms with Crippen molar-refractivity contribution in [1.82, 2.24) is 0 Å². The van der Waals surface area contributed by atoms with Gasteiger partial charge in [-0.15, -0.1) is 0 Å². The van der Waals surface area contributed by atoms with Gasteiger partial charge in [0, 0.05) is 19.6 Å². The Labute approximate surface area is 134 Å². The number of para-hydroxylation sites is 1. The lowest BCUT2D eigenvalue weighted by Crippen LogP contribution is -2.44. The van der Waals surface area contributed by atoms with Gasteiger partial charge in [0.25, 0.3) is 0 Å². The molecule has 118 valence electrons. The maximum atomic E-state index is 11.1. The van der Waals surface area contributed by atoms with Gasteiger partial charge in [0.1, 0.15) is 18.0 Å². The van der Waals surface area contributed by atoms with Crippen LogP contribution in [0.4, 0.5) is 11.4 Å². The van der Waals surface area contributed by atoms with Crippen molar-refractivity contribution in [2.45, 2.75) is 6.54 Å². The molecule has 1 N–H and O–H groups in total. The van der Waals surface area contributed by atoms with E-state index >= 15 is 0 Å². The first-order valence-corrected chi connectivity index (χ1v) is 7.80. The van der Waals surface area contributed by atoms with Gasteiger partial charge in [0.15, 0.2) is 0 Å². The second-order valence-corrected chi connectivity index (χ2v) is 5.89. The lowest BCUT2D eigenvalue weighted by atomic mass is 10.1. The molecule has 0 radical (unpaired) electrons. The van der Waals surface area contributed by atoms with E-state index in [1.807, 2.05) is 18.2 Å². The summed E-state index contributed by atoms with van der Waals surface area (Å²) in [6, 6.07) is 13.3. The lowest BCUT2D eigenvalue weighted by Gasteiger charge is -2.42. The third-order valence-corrected chi connectivity index (χ3v) is 4.44. The zero-order valence-corrected chi connectivity index (χ0v) is 12.7. The summed E-state index contributed by atoms with van der Waals surface area (Å²) in [6.07, 6.45) is 0. The highest BCUT2D eigenvalue weighted by Crippen LogP contribution is 2.42. The summed E-state index contributed by atoms with van der Waals surface area (Å²) in [5, 5.41) is 9.15. The zero-order chi connectivity index (χ0) is 15.8. The number of carbonyl (C=O) groups is 1. The first-order chi connectivity index (χ1) is 11.2. The fourth-order valence-electron chi connectivity index (χ4n) is 3.35. The highest BCUT2D eigenvalue weighted by atomic mass is 16.5. The van der Waals surface area contributed by atoms with E-state index < -0.39 is 5.97 Å². The molecule has 2 aromatic rings. The van der Waals surface area contributed by atoms with Crippen LogP contribution < -0.4 is 14.5 Å². The summed E-state index contributed by atoms with van der Waals surface area (Å²) in [4.78, 5) is 15.8. The van der Waals surface area contributed by atoms with Crippen LogP contribution in [0.3, 0.4) is 0 Å². The fourth-order valence-corrected chi connectivity index (χ4v) is 3.35. The van der Waals surface area contributed by atoms with E-state index in [-0.39, 0.29) is 0 Å². The topological polar surface area (TPSA) is 53.0 Å².